The van der Waals surface area contributed by atoms with E-state index in [1.54, 1.807) is 0 Å². The van der Waals surface area contributed by atoms with Crippen molar-refractivity contribution in [1.82, 2.24) is 0 Å². The average Bonchev–Trinajstić information content (AvgIpc) is 3.56. The lowest BCUT2D eigenvalue weighted by atomic mass is 10.0. The van der Waals surface area contributed by atoms with Crippen LogP contribution in [0.15, 0.2) is 0 Å². The first-order valence-electron chi connectivity index (χ1n) is 37.0. The lowest BCUT2D eigenvalue weighted by Crippen LogP contribution is -2.30. The molecule has 90 heavy (non-hydrogen) atoms. The van der Waals surface area contributed by atoms with Crippen molar-refractivity contribution in [3.05, 3.63) is 0 Å². The van der Waals surface area contributed by atoms with Crippen molar-refractivity contribution in [2.75, 3.05) is 39.6 Å². The molecular formula is C71H138O17P2. The molecule has 0 fully saturated rings. The topological polar surface area (TPSA) is 237 Å². The van der Waals surface area contributed by atoms with Crippen LogP contribution in [0, 0.1) is 11.8 Å². The van der Waals surface area contributed by atoms with Gasteiger partial charge in [-0.05, 0) is 37.5 Å². The second-order valence-corrected chi connectivity index (χ2v) is 29.5. The monoisotopic (exact) mass is 1320 g/mol. The Labute approximate surface area is 549 Å². The van der Waals surface area contributed by atoms with Gasteiger partial charge in [-0.2, -0.15) is 0 Å². The third kappa shape index (κ3) is 64.8. The molecule has 17 nitrogen and oxygen atoms in total. The molecule has 0 aromatic carbocycles. The smallest absolute Gasteiger partial charge is 0.462 e. The van der Waals surface area contributed by atoms with Gasteiger partial charge >= 0.3 is 39.5 Å². The van der Waals surface area contributed by atoms with Crippen LogP contribution in [0.1, 0.15) is 363 Å². The normalized spacial score (nSPS) is 14.1. The fourth-order valence-corrected chi connectivity index (χ4v) is 12.3. The number of hydrogen-bond donors (Lipinski definition) is 3. The summed E-state index contributed by atoms with van der Waals surface area (Å²) in [5.74, 6) is -0.650. The Balaban J connectivity index is 5.18. The summed E-state index contributed by atoms with van der Waals surface area (Å²) in [6, 6.07) is 0. The van der Waals surface area contributed by atoms with Gasteiger partial charge in [-0.1, -0.05) is 311 Å². The van der Waals surface area contributed by atoms with Gasteiger partial charge in [0.25, 0.3) is 0 Å². The molecule has 0 aromatic rings. The van der Waals surface area contributed by atoms with E-state index < -0.39 is 97.5 Å². The predicted molar refractivity (Wildman–Crippen MR) is 363 cm³/mol. The van der Waals surface area contributed by atoms with Crippen LogP contribution in [-0.2, 0) is 65.4 Å². The van der Waals surface area contributed by atoms with Gasteiger partial charge < -0.3 is 33.8 Å². The van der Waals surface area contributed by atoms with Crippen LogP contribution >= 0.6 is 15.6 Å². The lowest BCUT2D eigenvalue weighted by molar-refractivity contribution is -0.161. The number of aliphatic hydroxyl groups is 1. The Hall–Kier alpha value is -1.94. The molecule has 0 amide bonds. The molecule has 3 N–H and O–H groups in total. The Morgan fingerprint density at radius 3 is 0.756 bits per heavy atom. The Bertz CT molecular complexity index is 1750. The summed E-state index contributed by atoms with van der Waals surface area (Å²) in [4.78, 5) is 72.4. The second kappa shape index (κ2) is 63.1. The molecule has 0 aliphatic carbocycles. The first-order valence-corrected chi connectivity index (χ1v) is 40.0. The molecule has 0 rings (SSSR count). The van der Waals surface area contributed by atoms with Crippen LogP contribution in [0.4, 0.5) is 0 Å². The van der Waals surface area contributed by atoms with Gasteiger partial charge in [0.15, 0.2) is 12.2 Å². The maximum atomic E-state index is 13.0. The van der Waals surface area contributed by atoms with Gasteiger partial charge in [-0.3, -0.25) is 37.3 Å². The van der Waals surface area contributed by atoms with E-state index in [-0.39, 0.29) is 25.7 Å². The lowest BCUT2D eigenvalue weighted by Gasteiger charge is -2.21. The SMILES string of the molecule is CCCCCCCCCCCCCCCCC(=O)OC[C@H](COP(=O)(O)OC[C@@H](O)COP(=O)(O)OC[C@@H](COC(=O)CCCCCCCCCC)OC(=O)CCCCCCCCC(C)C)OC(=O)CCCCCCCCCCCCCCCCCCC(C)C. The molecule has 19 heteroatoms. The van der Waals surface area contributed by atoms with Crippen LogP contribution in [0.2, 0.25) is 0 Å². The summed E-state index contributed by atoms with van der Waals surface area (Å²) in [6.07, 6.45) is 48.8. The van der Waals surface area contributed by atoms with Crippen LogP contribution in [-0.4, -0.2) is 96.7 Å². The van der Waals surface area contributed by atoms with Crippen molar-refractivity contribution in [3.8, 4) is 0 Å². The number of phosphoric acid groups is 2. The highest BCUT2D eigenvalue weighted by Crippen LogP contribution is 2.45. The number of rotatable bonds is 70. The highest BCUT2D eigenvalue weighted by Gasteiger charge is 2.30. The van der Waals surface area contributed by atoms with Crippen LogP contribution < -0.4 is 0 Å². The number of phosphoric ester groups is 2. The van der Waals surface area contributed by atoms with Crippen LogP contribution in [0.3, 0.4) is 0 Å². The zero-order valence-corrected chi connectivity index (χ0v) is 60.2. The molecule has 5 atom stereocenters. The van der Waals surface area contributed by atoms with Crippen molar-refractivity contribution in [1.29, 1.82) is 0 Å². The van der Waals surface area contributed by atoms with Gasteiger partial charge in [0.05, 0.1) is 26.4 Å². The van der Waals surface area contributed by atoms with Gasteiger partial charge in [-0.15, -0.1) is 0 Å². The van der Waals surface area contributed by atoms with E-state index in [0.29, 0.717) is 31.6 Å². The van der Waals surface area contributed by atoms with Crippen molar-refractivity contribution >= 4 is 39.5 Å². The quantitative estimate of drug-likeness (QED) is 0.0222. The minimum absolute atomic E-state index is 0.102. The molecular weight excluding hydrogens is 1190 g/mol. The minimum Gasteiger partial charge on any atom is -0.462 e. The number of unbranched alkanes of at least 4 members (excludes halogenated alkanes) is 40. The standard InChI is InChI=1S/C71H138O17P2/c1-7-9-11-13-15-17-18-19-25-28-31-35-42-48-54-69(74)82-59-66(87-70(75)55-49-43-36-32-29-26-23-21-20-22-24-27-30-33-39-45-51-63(3)4)61-85-89(77,78)83-57-65(72)58-84-90(79,80)86-62-67(60-81-68(73)53-47-41-34-16-14-12-10-8-2)88-71(76)56-50-44-38-37-40-46-52-64(5)6/h63-67,72H,7-62H2,1-6H3,(H,77,78)(H,79,80)/t65-,66-,67-/m1/s1. The fraction of sp³-hybridized carbons (Fsp3) is 0.944. The number of hydrogen-bond acceptors (Lipinski definition) is 15. The van der Waals surface area contributed by atoms with Crippen LogP contribution in [0.5, 0.6) is 0 Å². The second-order valence-electron chi connectivity index (χ2n) is 26.6. The fourth-order valence-electron chi connectivity index (χ4n) is 10.8. The molecule has 0 saturated carbocycles. The summed E-state index contributed by atoms with van der Waals surface area (Å²) >= 11 is 0. The van der Waals surface area contributed by atoms with E-state index in [1.807, 2.05) is 0 Å². The van der Waals surface area contributed by atoms with E-state index in [9.17, 15) is 43.2 Å². The van der Waals surface area contributed by atoms with Crippen molar-refractivity contribution in [2.45, 2.75) is 381 Å². The average molecular weight is 1330 g/mol. The third-order valence-electron chi connectivity index (χ3n) is 16.5. The van der Waals surface area contributed by atoms with Gasteiger partial charge in [0.1, 0.15) is 19.3 Å². The van der Waals surface area contributed by atoms with Crippen molar-refractivity contribution in [2.24, 2.45) is 11.8 Å². The summed E-state index contributed by atoms with van der Waals surface area (Å²) in [5, 5.41) is 10.6. The Kier molecular flexibility index (Phi) is 61.8. The molecule has 0 bridgehead atoms. The van der Waals surface area contributed by atoms with Crippen molar-refractivity contribution in [3.63, 3.8) is 0 Å². The molecule has 534 valence electrons. The molecule has 0 radical (unpaired) electrons. The van der Waals surface area contributed by atoms with E-state index in [1.165, 1.54) is 173 Å². The Morgan fingerprint density at radius 2 is 0.511 bits per heavy atom. The molecule has 2 unspecified atom stereocenters. The van der Waals surface area contributed by atoms with Gasteiger partial charge in [0, 0.05) is 25.7 Å². The molecule has 0 aliphatic heterocycles. The Morgan fingerprint density at radius 1 is 0.300 bits per heavy atom. The molecule has 0 aliphatic rings. The number of carbonyl (C=O) groups excluding carboxylic acids is 4. The highest BCUT2D eigenvalue weighted by molar-refractivity contribution is 7.47. The summed E-state index contributed by atoms with van der Waals surface area (Å²) in [5.41, 5.74) is 0. The largest absolute Gasteiger partial charge is 0.472 e. The first kappa shape index (κ1) is 88.1. The van der Waals surface area contributed by atoms with Crippen molar-refractivity contribution < 1.29 is 80.2 Å². The van der Waals surface area contributed by atoms with E-state index in [0.717, 1.165) is 102 Å². The summed E-state index contributed by atoms with van der Waals surface area (Å²) in [6.45, 7) is 9.47. The van der Waals surface area contributed by atoms with E-state index >= 15 is 0 Å². The summed E-state index contributed by atoms with van der Waals surface area (Å²) < 4.78 is 68.2. The highest BCUT2D eigenvalue weighted by atomic mass is 31.2. The van der Waals surface area contributed by atoms with Gasteiger partial charge in [0.2, 0.25) is 0 Å². The molecule has 0 saturated heterocycles. The van der Waals surface area contributed by atoms with Crippen LogP contribution in [0.25, 0.3) is 0 Å². The minimum atomic E-state index is -4.95. The number of esters is 4. The zero-order chi connectivity index (χ0) is 66.5. The van der Waals surface area contributed by atoms with E-state index in [2.05, 4.69) is 41.5 Å². The van der Waals surface area contributed by atoms with Gasteiger partial charge in [-0.25, -0.2) is 9.13 Å². The molecule has 0 spiro atoms. The number of aliphatic hydroxyl groups excluding tert-OH is 1. The third-order valence-corrected chi connectivity index (χ3v) is 18.4. The molecule has 0 heterocycles. The maximum Gasteiger partial charge on any atom is 0.472 e. The predicted octanol–water partition coefficient (Wildman–Crippen LogP) is 20.4. The first-order chi connectivity index (χ1) is 43.4. The number of carbonyl (C=O) groups is 4. The molecule has 0 aromatic heterocycles. The van der Waals surface area contributed by atoms with E-state index in [4.69, 9.17) is 37.0 Å². The maximum absolute atomic E-state index is 13.0. The number of ether oxygens (including phenoxy) is 4. The summed E-state index contributed by atoms with van der Waals surface area (Å²) in [7, 11) is -9.90. The zero-order valence-electron chi connectivity index (χ0n) is 58.4.